The highest BCUT2D eigenvalue weighted by Crippen LogP contribution is 2.35. The summed E-state index contributed by atoms with van der Waals surface area (Å²) >= 11 is 3.35. The van der Waals surface area contributed by atoms with Crippen molar-refractivity contribution in [3.63, 3.8) is 0 Å². The molecule has 1 fully saturated rings. The van der Waals surface area contributed by atoms with Gasteiger partial charge in [-0.15, -0.1) is 5.10 Å². The van der Waals surface area contributed by atoms with E-state index in [0.29, 0.717) is 6.04 Å². The fraction of sp³-hybridized carbons (Fsp3) is 0.375. The minimum atomic E-state index is 0.540. The van der Waals surface area contributed by atoms with Gasteiger partial charge in [-0.2, -0.15) is 0 Å². The van der Waals surface area contributed by atoms with Gasteiger partial charge in [0.15, 0.2) is 5.65 Å². The van der Waals surface area contributed by atoms with E-state index < -0.39 is 0 Å². The van der Waals surface area contributed by atoms with Crippen molar-refractivity contribution < 1.29 is 0 Å². The number of aromatic nitrogens is 4. The van der Waals surface area contributed by atoms with E-state index in [-0.39, 0.29) is 0 Å². The summed E-state index contributed by atoms with van der Waals surface area (Å²) in [7, 11) is 0. The molecule has 13 heavy (non-hydrogen) atoms. The Kier molecular flexibility index (Phi) is 1.44. The molecule has 1 aliphatic carbocycles. The zero-order valence-corrected chi connectivity index (χ0v) is 8.40. The molecule has 0 aliphatic heterocycles. The second-order valence-electron chi connectivity index (χ2n) is 3.26. The molecule has 0 bridgehead atoms. The van der Waals surface area contributed by atoms with E-state index in [1.807, 2.05) is 10.7 Å². The minimum absolute atomic E-state index is 0.540. The van der Waals surface area contributed by atoms with Crippen molar-refractivity contribution in [2.75, 3.05) is 0 Å². The van der Waals surface area contributed by atoms with Crippen LogP contribution in [0.25, 0.3) is 11.2 Å². The summed E-state index contributed by atoms with van der Waals surface area (Å²) in [5.74, 6) is 0. The number of hydrogen-bond acceptors (Lipinski definition) is 3. The van der Waals surface area contributed by atoms with E-state index >= 15 is 0 Å². The zero-order chi connectivity index (χ0) is 8.84. The maximum absolute atomic E-state index is 4.29. The van der Waals surface area contributed by atoms with Crippen LogP contribution in [0.3, 0.4) is 0 Å². The van der Waals surface area contributed by atoms with Crippen LogP contribution in [0.15, 0.2) is 16.7 Å². The Balaban J connectivity index is 2.26. The van der Waals surface area contributed by atoms with E-state index in [1.54, 1.807) is 6.20 Å². The monoisotopic (exact) mass is 238 g/mol. The molecular weight excluding hydrogens is 232 g/mol. The van der Waals surface area contributed by atoms with Crippen LogP contribution in [-0.2, 0) is 0 Å². The van der Waals surface area contributed by atoms with Crippen molar-refractivity contribution >= 4 is 27.1 Å². The van der Waals surface area contributed by atoms with Gasteiger partial charge in [-0.25, -0.2) is 9.67 Å². The molecule has 0 radical (unpaired) electrons. The molecule has 1 saturated carbocycles. The molecule has 3 rings (SSSR count). The molecule has 66 valence electrons. The van der Waals surface area contributed by atoms with Gasteiger partial charge in [0.05, 0.1) is 6.04 Å². The molecule has 0 spiro atoms. The summed E-state index contributed by atoms with van der Waals surface area (Å²) in [6, 6.07) is 2.48. The number of hydrogen-bond donors (Lipinski definition) is 0. The molecule has 2 heterocycles. The summed E-state index contributed by atoms with van der Waals surface area (Å²) < 4.78 is 2.87. The van der Waals surface area contributed by atoms with Crippen LogP contribution in [0.2, 0.25) is 0 Å². The molecule has 2 aromatic heterocycles. The normalized spacial score (nSPS) is 16.7. The quantitative estimate of drug-likeness (QED) is 0.763. The van der Waals surface area contributed by atoms with Crippen molar-refractivity contribution in [2.45, 2.75) is 18.9 Å². The standard InChI is InChI=1S/C8H7BrN4/c9-5-3-7-8(10-4-5)13(12-11-7)6-1-2-6/h3-4,6H,1-2H2. The number of halogens is 1. The maximum Gasteiger partial charge on any atom is 0.178 e. The summed E-state index contributed by atoms with van der Waals surface area (Å²) in [4.78, 5) is 4.29. The highest BCUT2D eigenvalue weighted by atomic mass is 79.9. The molecule has 0 saturated heterocycles. The Hall–Kier alpha value is -0.970. The zero-order valence-electron chi connectivity index (χ0n) is 6.81. The fourth-order valence-electron chi connectivity index (χ4n) is 1.38. The van der Waals surface area contributed by atoms with E-state index in [2.05, 4.69) is 31.2 Å². The van der Waals surface area contributed by atoms with Gasteiger partial charge in [0.2, 0.25) is 0 Å². The van der Waals surface area contributed by atoms with E-state index in [1.165, 1.54) is 12.8 Å². The van der Waals surface area contributed by atoms with Crippen LogP contribution in [0.4, 0.5) is 0 Å². The fourth-order valence-corrected chi connectivity index (χ4v) is 1.69. The van der Waals surface area contributed by atoms with E-state index in [9.17, 15) is 0 Å². The molecular formula is C8H7BrN4. The van der Waals surface area contributed by atoms with Gasteiger partial charge in [-0.1, -0.05) is 5.21 Å². The topological polar surface area (TPSA) is 43.6 Å². The lowest BCUT2D eigenvalue weighted by atomic mass is 10.4. The second-order valence-corrected chi connectivity index (χ2v) is 4.18. The molecule has 0 amide bonds. The molecule has 0 N–H and O–H groups in total. The predicted molar refractivity (Wildman–Crippen MR) is 51.3 cm³/mol. The first kappa shape index (κ1) is 7.44. The third kappa shape index (κ3) is 1.14. The first-order valence-electron chi connectivity index (χ1n) is 4.21. The van der Waals surface area contributed by atoms with Gasteiger partial charge in [0, 0.05) is 10.7 Å². The van der Waals surface area contributed by atoms with Crippen molar-refractivity contribution in [1.29, 1.82) is 0 Å². The van der Waals surface area contributed by atoms with Gasteiger partial charge in [0.25, 0.3) is 0 Å². The molecule has 5 heteroatoms. The average Bonchev–Trinajstić information content (AvgIpc) is 2.87. The Bertz CT molecular complexity index is 460. The van der Waals surface area contributed by atoms with Gasteiger partial charge in [0.1, 0.15) is 5.52 Å². The molecule has 0 atom stereocenters. The maximum atomic E-state index is 4.29. The van der Waals surface area contributed by atoms with Crippen LogP contribution < -0.4 is 0 Å². The Morgan fingerprint density at radius 3 is 3.08 bits per heavy atom. The predicted octanol–water partition coefficient (Wildman–Crippen LogP) is 1.92. The van der Waals surface area contributed by atoms with Crippen molar-refractivity contribution in [3.05, 3.63) is 16.7 Å². The summed E-state index contributed by atoms with van der Waals surface area (Å²) in [5, 5.41) is 8.14. The van der Waals surface area contributed by atoms with Gasteiger partial charge in [-0.3, -0.25) is 0 Å². The first-order chi connectivity index (χ1) is 6.34. The van der Waals surface area contributed by atoms with Crippen LogP contribution in [0.1, 0.15) is 18.9 Å². The lowest BCUT2D eigenvalue weighted by molar-refractivity contribution is 0.625. The molecule has 0 aromatic carbocycles. The van der Waals surface area contributed by atoms with Crippen LogP contribution in [0, 0.1) is 0 Å². The molecule has 1 aliphatic rings. The van der Waals surface area contributed by atoms with Crippen LogP contribution in [-0.4, -0.2) is 20.0 Å². The Labute approximate surface area is 83.1 Å². The Morgan fingerprint density at radius 2 is 2.31 bits per heavy atom. The van der Waals surface area contributed by atoms with Crippen molar-refractivity contribution in [3.8, 4) is 0 Å². The smallest absolute Gasteiger partial charge is 0.178 e. The number of rotatable bonds is 1. The van der Waals surface area contributed by atoms with Crippen LogP contribution >= 0.6 is 15.9 Å². The second kappa shape index (κ2) is 2.51. The number of fused-ring (bicyclic) bond motifs is 1. The van der Waals surface area contributed by atoms with E-state index in [4.69, 9.17) is 0 Å². The average molecular weight is 239 g/mol. The van der Waals surface area contributed by atoms with Crippen molar-refractivity contribution in [2.24, 2.45) is 0 Å². The van der Waals surface area contributed by atoms with Gasteiger partial charge < -0.3 is 0 Å². The highest BCUT2D eigenvalue weighted by Gasteiger charge is 2.26. The highest BCUT2D eigenvalue weighted by molar-refractivity contribution is 9.10. The third-order valence-corrected chi connectivity index (χ3v) is 2.61. The summed E-state index contributed by atoms with van der Waals surface area (Å²) in [6.07, 6.45) is 4.19. The number of pyridine rings is 1. The molecule has 0 unspecified atom stereocenters. The van der Waals surface area contributed by atoms with Crippen LogP contribution in [0.5, 0.6) is 0 Å². The first-order valence-corrected chi connectivity index (χ1v) is 5.00. The lowest BCUT2D eigenvalue weighted by Crippen LogP contribution is -1.97. The van der Waals surface area contributed by atoms with Crippen molar-refractivity contribution in [1.82, 2.24) is 20.0 Å². The number of nitrogens with zero attached hydrogens (tertiary/aromatic N) is 4. The molecule has 2 aromatic rings. The summed E-state index contributed by atoms with van der Waals surface area (Å²) in [5.41, 5.74) is 1.76. The van der Waals surface area contributed by atoms with E-state index in [0.717, 1.165) is 15.6 Å². The minimum Gasteiger partial charge on any atom is -0.234 e. The SMILES string of the molecule is Brc1cnc2c(c1)nnn2C1CC1. The largest absolute Gasteiger partial charge is 0.234 e. The lowest BCUT2D eigenvalue weighted by Gasteiger charge is -1.95. The third-order valence-electron chi connectivity index (χ3n) is 2.17. The molecule has 4 nitrogen and oxygen atoms in total. The van der Waals surface area contributed by atoms with Gasteiger partial charge >= 0.3 is 0 Å². The summed E-state index contributed by atoms with van der Waals surface area (Å²) in [6.45, 7) is 0. The van der Waals surface area contributed by atoms with Gasteiger partial charge in [-0.05, 0) is 34.8 Å². The Morgan fingerprint density at radius 1 is 1.46 bits per heavy atom.